The Balaban J connectivity index is 2.80. The van der Waals surface area contributed by atoms with Gasteiger partial charge in [0.05, 0.1) is 6.61 Å². The monoisotopic (exact) mass is 276 g/mol. The van der Waals surface area contributed by atoms with Crippen LogP contribution >= 0.6 is 11.8 Å². The van der Waals surface area contributed by atoms with E-state index in [0.29, 0.717) is 12.3 Å². The van der Waals surface area contributed by atoms with Gasteiger partial charge < -0.3 is 20.0 Å². The van der Waals surface area contributed by atoms with Gasteiger partial charge in [0.2, 0.25) is 0 Å². The molecule has 6 nitrogen and oxygen atoms in total. The lowest BCUT2D eigenvalue weighted by atomic mass is 10.2. The predicted molar refractivity (Wildman–Crippen MR) is 69.8 cm³/mol. The number of aliphatic carboxylic acids is 1. The third-order valence-corrected chi connectivity index (χ3v) is 3.89. The molecule has 0 saturated carbocycles. The van der Waals surface area contributed by atoms with Crippen LogP contribution < -0.4 is 0 Å². The van der Waals surface area contributed by atoms with Crippen molar-refractivity contribution < 1.29 is 19.8 Å². The lowest BCUT2D eigenvalue weighted by Crippen LogP contribution is -2.56. The summed E-state index contributed by atoms with van der Waals surface area (Å²) in [6.07, 6.45) is 0. The molecule has 0 aromatic heterocycles. The highest BCUT2D eigenvalue weighted by Gasteiger charge is 2.35. The van der Waals surface area contributed by atoms with Gasteiger partial charge in [-0.15, -0.1) is 0 Å². The molecule has 1 unspecified atom stereocenters. The number of hydrogen-bond acceptors (Lipinski definition) is 4. The standard InChI is InChI=1S/C11H20N2O4S/c1-8(2)12(3-5-14)11(17)13-4-6-18-7-9(13)10(15)16/h8-9,14H,3-7H2,1-2H3,(H,15,16). The van der Waals surface area contributed by atoms with E-state index in [1.54, 1.807) is 11.8 Å². The molecule has 0 aromatic carbocycles. The number of nitrogens with zero attached hydrogens (tertiary/aromatic N) is 2. The van der Waals surface area contributed by atoms with E-state index in [9.17, 15) is 9.59 Å². The third-order valence-electron chi connectivity index (χ3n) is 2.87. The maximum absolute atomic E-state index is 12.3. The maximum atomic E-state index is 12.3. The highest BCUT2D eigenvalue weighted by Crippen LogP contribution is 2.19. The van der Waals surface area contributed by atoms with E-state index in [1.807, 2.05) is 13.8 Å². The Kier molecular flexibility index (Phi) is 5.74. The molecule has 18 heavy (non-hydrogen) atoms. The molecule has 104 valence electrons. The highest BCUT2D eigenvalue weighted by atomic mass is 32.2. The molecule has 0 aromatic rings. The maximum Gasteiger partial charge on any atom is 0.327 e. The van der Waals surface area contributed by atoms with Crippen LogP contribution in [-0.4, -0.2) is 75.3 Å². The molecule has 1 atom stereocenters. The zero-order chi connectivity index (χ0) is 13.7. The van der Waals surface area contributed by atoms with Gasteiger partial charge in [-0.25, -0.2) is 9.59 Å². The van der Waals surface area contributed by atoms with Crippen LogP contribution in [0, 0.1) is 0 Å². The van der Waals surface area contributed by atoms with Crippen molar-refractivity contribution in [3.63, 3.8) is 0 Å². The number of amides is 2. The van der Waals surface area contributed by atoms with Crippen molar-refractivity contribution >= 4 is 23.8 Å². The number of carboxylic acids is 1. The van der Waals surface area contributed by atoms with Crippen LogP contribution in [0.4, 0.5) is 4.79 Å². The molecule has 2 amide bonds. The molecule has 1 fully saturated rings. The van der Waals surface area contributed by atoms with Crippen molar-refractivity contribution in [2.75, 3.05) is 31.2 Å². The van der Waals surface area contributed by atoms with Crippen LogP contribution in [0.25, 0.3) is 0 Å². The number of rotatable bonds is 4. The highest BCUT2D eigenvalue weighted by molar-refractivity contribution is 7.99. The Morgan fingerprint density at radius 3 is 2.67 bits per heavy atom. The van der Waals surface area contributed by atoms with Crippen molar-refractivity contribution in [3.05, 3.63) is 0 Å². The number of thioether (sulfide) groups is 1. The molecular weight excluding hydrogens is 256 g/mol. The fraction of sp³-hybridized carbons (Fsp3) is 0.818. The summed E-state index contributed by atoms with van der Waals surface area (Å²) in [4.78, 5) is 26.4. The number of carbonyl (C=O) groups is 2. The summed E-state index contributed by atoms with van der Waals surface area (Å²) in [6, 6.07) is -1.13. The Labute approximate surface area is 111 Å². The average Bonchev–Trinajstić information content (AvgIpc) is 2.34. The number of aliphatic hydroxyl groups is 1. The van der Waals surface area contributed by atoms with E-state index < -0.39 is 12.0 Å². The van der Waals surface area contributed by atoms with Gasteiger partial charge in [-0.1, -0.05) is 0 Å². The number of hydrogen-bond donors (Lipinski definition) is 2. The summed E-state index contributed by atoms with van der Waals surface area (Å²) in [6.45, 7) is 4.25. The van der Waals surface area contributed by atoms with Gasteiger partial charge in [-0.2, -0.15) is 11.8 Å². The van der Waals surface area contributed by atoms with Gasteiger partial charge in [0.15, 0.2) is 0 Å². The summed E-state index contributed by atoms with van der Waals surface area (Å²) in [5.41, 5.74) is 0. The van der Waals surface area contributed by atoms with Crippen molar-refractivity contribution in [1.29, 1.82) is 0 Å². The number of carboxylic acid groups (broad SMARTS) is 1. The molecular formula is C11H20N2O4S. The number of carbonyl (C=O) groups excluding carboxylic acids is 1. The first-order chi connectivity index (χ1) is 8.49. The largest absolute Gasteiger partial charge is 0.480 e. The second-order valence-corrected chi connectivity index (χ2v) is 5.57. The van der Waals surface area contributed by atoms with Crippen LogP contribution in [0.5, 0.6) is 0 Å². The molecule has 1 aliphatic rings. The molecule has 7 heteroatoms. The zero-order valence-corrected chi connectivity index (χ0v) is 11.5. The van der Waals surface area contributed by atoms with E-state index >= 15 is 0 Å². The van der Waals surface area contributed by atoms with Crippen LogP contribution in [-0.2, 0) is 4.79 Å². The van der Waals surface area contributed by atoms with Gasteiger partial charge in [0.1, 0.15) is 6.04 Å². The average molecular weight is 276 g/mol. The minimum atomic E-state index is -0.969. The Morgan fingerprint density at radius 2 is 2.17 bits per heavy atom. The normalized spacial score (nSPS) is 20.0. The van der Waals surface area contributed by atoms with E-state index in [1.165, 1.54) is 9.80 Å². The molecule has 1 heterocycles. The van der Waals surface area contributed by atoms with Gasteiger partial charge >= 0.3 is 12.0 Å². The van der Waals surface area contributed by atoms with Crippen molar-refractivity contribution in [3.8, 4) is 0 Å². The van der Waals surface area contributed by atoms with E-state index in [2.05, 4.69) is 0 Å². The minimum absolute atomic E-state index is 0.0614. The van der Waals surface area contributed by atoms with Gasteiger partial charge in [-0.3, -0.25) is 0 Å². The SMILES string of the molecule is CC(C)N(CCO)C(=O)N1CCSCC1C(=O)O. The first-order valence-electron chi connectivity index (χ1n) is 5.97. The fourth-order valence-electron chi connectivity index (χ4n) is 1.88. The number of aliphatic hydroxyl groups excluding tert-OH is 1. The zero-order valence-electron chi connectivity index (χ0n) is 10.7. The summed E-state index contributed by atoms with van der Waals surface area (Å²) in [5, 5.41) is 18.1. The second kappa shape index (κ2) is 6.84. The smallest absolute Gasteiger partial charge is 0.327 e. The van der Waals surface area contributed by atoms with Crippen LogP contribution in [0.1, 0.15) is 13.8 Å². The van der Waals surface area contributed by atoms with Gasteiger partial charge in [0.25, 0.3) is 0 Å². The predicted octanol–water partition coefficient (Wildman–Crippen LogP) is 0.311. The lowest BCUT2D eigenvalue weighted by Gasteiger charge is -2.38. The number of urea groups is 1. The third kappa shape index (κ3) is 3.52. The van der Waals surface area contributed by atoms with Crippen LogP contribution in [0.15, 0.2) is 0 Å². The molecule has 0 spiro atoms. The molecule has 0 aliphatic carbocycles. The van der Waals surface area contributed by atoms with E-state index in [4.69, 9.17) is 10.2 Å². The van der Waals surface area contributed by atoms with Crippen LogP contribution in [0.2, 0.25) is 0 Å². The van der Waals surface area contributed by atoms with Gasteiger partial charge in [0, 0.05) is 30.6 Å². The summed E-state index contributed by atoms with van der Waals surface area (Å²) in [5.74, 6) is 0.204. The Bertz CT molecular complexity index is 311. The van der Waals surface area contributed by atoms with Crippen molar-refractivity contribution in [2.24, 2.45) is 0 Å². The summed E-state index contributed by atoms with van der Waals surface area (Å²) < 4.78 is 0. The molecule has 1 aliphatic heterocycles. The molecule has 2 N–H and O–H groups in total. The minimum Gasteiger partial charge on any atom is -0.480 e. The summed E-state index contributed by atoms with van der Waals surface area (Å²) in [7, 11) is 0. The van der Waals surface area contributed by atoms with Gasteiger partial charge in [-0.05, 0) is 13.8 Å². The van der Waals surface area contributed by atoms with Crippen molar-refractivity contribution in [1.82, 2.24) is 9.80 Å². The first-order valence-corrected chi connectivity index (χ1v) is 7.13. The first kappa shape index (κ1) is 15.1. The quantitative estimate of drug-likeness (QED) is 0.772. The molecule has 1 rings (SSSR count). The van der Waals surface area contributed by atoms with Crippen molar-refractivity contribution in [2.45, 2.75) is 25.9 Å². The molecule has 0 radical (unpaired) electrons. The molecule has 1 saturated heterocycles. The fourth-order valence-corrected chi connectivity index (χ4v) is 2.92. The van der Waals surface area contributed by atoms with E-state index in [-0.39, 0.29) is 25.2 Å². The Morgan fingerprint density at radius 1 is 1.50 bits per heavy atom. The van der Waals surface area contributed by atoms with E-state index in [0.717, 1.165) is 5.75 Å². The second-order valence-electron chi connectivity index (χ2n) is 4.42. The van der Waals surface area contributed by atoms with Crippen LogP contribution in [0.3, 0.4) is 0 Å². The molecule has 0 bridgehead atoms. The lowest BCUT2D eigenvalue weighted by molar-refractivity contribution is -0.141. The summed E-state index contributed by atoms with van der Waals surface area (Å²) >= 11 is 1.54. The Hall–Kier alpha value is -0.950. The topological polar surface area (TPSA) is 81.1 Å².